The normalized spacial score (nSPS) is 23.7. The van der Waals surface area contributed by atoms with Gasteiger partial charge in [0.15, 0.2) is 0 Å². The summed E-state index contributed by atoms with van der Waals surface area (Å²) >= 11 is 0. The molecule has 1 nitrogen and oxygen atoms in total. The van der Waals surface area contributed by atoms with Crippen LogP contribution in [0.2, 0.25) is 0 Å². The zero-order chi connectivity index (χ0) is 15.5. The fourth-order valence-electron chi connectivity index (χ4n) is 3.95. The predicted molar refractivity (Wildman–Crippen MR) is 92.9 cm³/mol. The van der Waals surface area contributed by atoms with Crippen LogP contribution in [0.25, 0.3) is 0 Å². The number of hydrogen-bond donors (Lipinski definition) is 1. The lowest BCUT2D eigenvalue weighted by atomic mass is 9.62. The van der Waals surface area contributed by atoms with E-state index in [-0.39, 0.29) is 5.54 Å². The van der Waals surface area contributed by atoms with Gasteiger partial charge < -0.3 is 5.32 Å². The Morgan fingerprint density at radius 1 is 1.24 bits per heavy atom. The highest BCUT2D eigenvalue weighted by atomic mass is 15.0. The molecular formula is C20H33N. The summed E-state index contributed by atoms with van der Waals surface area (Å²) < 4.78 is 0. The van der Waals surface area contributed by atoms with Crippen LogP contribution in [0.4, 0.5) is 0 Å². The van der Waals surface area contributed by atoms with Gasteiger partial charge in [0.1, 0.15) is 0 Å². The second kappa shape index (κ2) is 6.52. The molecule has 0 saturated carbocycles. The molecule has 1 aromatic rings. The molecule has 1 aromatic carbocycles. The highest BCUT2D eigenvalue weighted by Crippen LogP contribution is 2.44. The van der Waals surface area contributed by atoms with Crippen LogP contribution < -0.4 is 5.32 Å². The Morgan fingerprint density at radius 3 is 2.62 bits per heavy atom. The monoisotopic (exact) mass is 287 g/mol. The van der Waals surface area contributed by atoms with Gasteiger partial charge in [-0.3, -0.25) is 0 Å². The van der Waals surface area contributed by atoms with Crippen LogP contribution in [0.15, 0.2) is 24.3 Å². The Kier molecular flexibility index (Phi) is 5.14. The SMILES string of the molecule is CCCC(C)C1(CNC(C)(C)C)CCCc2ccccc21. The van der Waals surface area contributed by atoms with E-state index in [1.54, 1.807) is 11.1 Å². The Labute approximate surface area is 131 Å². The number of hydrogen-bond acceptors (Lipinski definition) is 1. The van der Waals surface area contributed by atoms with Gasteiger partial charge in [0, 0.05) is 17.5 Å². The van der Waals surface area contributed by atoms with Crippen molar-refractivity contribution >= 4 is 0 Å². The van der Waals surface area contributed by atoms with Crippen LogP contribution in [0, 0.1) is 5.92 Å². The van der Waals surface area contributed by atoms with Crippen LogP contribution in [0.3, 0.4) is 0 Å². The second-order valence-electron chi connectivity index (χ2n) is 7.96. The van der Waals surface area contributed by atoms with Gasteiger partial charge in [-0.25, -0.2) is 0 Å². The van der Waals surface area contributed by atoms with Crippen molar-refractivity contribution in [3.8, 4) is 0 Å². The van der Waals surface area contributed by atoms with E-state index in [4.69, 9.17) is 0 Å². The van der Waals surface area contributed by atoms with E-state index < -0.39 is 0 Å². The number of benzene rings is 1. The first-order valence-electron chi connectivity index (χ1n) is 8.72. The van der Waals surface area contributed by atoms with Crippen molar-refractivity contribution in [3.05, 3.63) is 35.4 Å². The van der Waals surface area contributed by atoms with Crippen molar-refractivity contribution in [3.63, 3.8) is 0 Å². The zero-order valence-electron chi connectivity index (χ0n) is 14.6. The van der Waals surface area contributed by atoms with E-state index in [1.807, 2.05) is 0 Å². The van der Waals surface area contributed by atoms with E-state index >= 15 is 0 Å². The van der Waals surface area contributed by atoms with Crippen molar-refractivity contribution in [1.29, 1.82) is 0 Å². The van der Waals surface area contributed by atoms with E-state index in [9.17, 15) is 0 Å². The molecule has 118 valence electrons. The van der Waals surface area contributed by atoms with Gasteiger partial charge in [0.05, 0.1) is 0 Å². The summed E-state index contributed by atoms with van der Waals surface area (Å²) in [6.45, 7) is 12.7. The van der Waals surface area contributed by atoms with E-state index in [1.165, 1.54) is 32.1 Å². The Morgan fingerprint density at radius 2 is 1.95 bits per heavy atom. The van der Waals surface area contributed by atoms with Gasteiger partial charge in [-0.05, 0) is 57.1 Å². The van der Waals surface area contributed by atoms with Crippen LogP contribution in [-0.4, -0.2) is 12.1 Å². The summed E-state index contributed by atoms with van der Waals surface area (Å²) in [4.78, 5) is 0. The van der Waals surface area contributed by atoms with Crippen LogP contribution in [-0.2, 0) is 11.8 Å². The third kappa shape index (κ3) is 3.69. The maximum atomic E-state index is 3.81. The van der Waals surface area contributed by atoms with Crippen molar-refractivity contribution in [2.24, 2.45) is 5.92 Å². The van der Waals surface area contributed by atoms with Crippen LogP contribution in [0.1, 0.15) is 71.4 Å². The molecule has 2 atom stereocenters. The molecule has 0 amide bonds. The van der Waals surface area contributed by atoms with E-state index in [0.29, 0.717) is 5.41 Å². The average molecular weight is 287 g/mol. The van der Waals surface area contributed by atoms with Crippen LogP contribution in [0.5, 0.6) is 0 Å². The summed E-state index contributed by atoms with van der Waals surface area (Å²) in [5, 5.41) is 3.81. The highest BCUT2D eigenvalue weighted by molar-refractivity contribution is 5.38. The molecule has 0 spiro atoms. The Hall–Kier alpha value is -0.820. The average Bonchev–Trinajstić information content (AvgIpc) is 2.44. The molecule has 2 unspecified atom stereocenters. The van der Waals surface area contributed by atoms with E-state index in [0.717, 1.165) is 12.5 Å². The topological polar surface area (TPSA) is 12.0 Å². The Bertz CT molecular complexity index is 457. The molecule has 0 radical (unpaired) electrons. The molecule has 0 heterocycles. The maximum absolute atomic E-state index is 3.81. The fourth-order valence-corrected chi connectivity index (χ4v) is 3.95. The third-order valence-corrected chi connectivity index (χ3v) is 5.22. The van der Waals surface area contributed by atoms with Crippen molar-refractivity contribution < 1.29 is 0 Å². The quantitative estimate of drug-likeness (QED) is 0.796. The van der Waals surface area contributed by atoms with Gasteiger partial charge in [0.25, 0.3) is 0 Å². The smallest absolute Gasteiger partial charge is 0.0106 e. The summed E-state index contributed by atoms with van der Waals surface area (Å²) in [6.07, 6.45) is 6.51. The molecule has 0 aromatic heterocycles. The van der Waals surface area contributed by atoms with E-state index in [2.05, 4.69) is 64.2 Å². The first kappa shape index (κ1) is 16.5. The standard InChI is InChI=1S/C20H33N/c1-6-10-16(2)20(15-21-19(3,4)5)14-9-12-17-11-7-8-13-18(17)20/h7-8,11,13,16,21H,6,9-10,12,14-15H2,1-5H3. The van der Waals surface area contributed by atoms with Crippen molar-refractivity contribution in [2.75, 3.05) is 6.54 Å². The number of fused-ring (bicyclic) bond motifs is 1. The minimum atomic E-state index is 0.186. The van der Waals surface area contributed by atoms with Crippen molar-refractivity contribution in [1.82, 2.24) is 5.32 Å². The van der Waals surface area contributed by atoms with Gasteiger partial charge in [-0.1, -0.05) is 51.0 Å². The number of aryl methyl sites for hydroxylation is 1. The lowest BCUT2D eigenvalue weighted by molar-refractivity contribution is 0.205. The summed E-state index contributed by atoms with van der Waals surface area (Å²) in [5.41, 5.74) is 3.71. The third-order valence-electron chi connectivity index (χ3n) is 5.22. The summed E-state index contributed by atoms with van der Waals surface area (Å²) in [6, 6.07) is 9.18. The fraction of sp³-hybridized carbons (Fsp3) is 0.700. The molecule has 1 heteroatoms. The van der Waals surface area contributed by atoms with Gasteiger partial charge in [0.2, 0.25) is 0 Å². The van der Waals surface area contributed by atoms with Gasteiger partial charge in [-0.15, -0.1) is 0 Å². The second-order valence-corrected chi connectivity index (χ2v) is 7.96. The molecule has 0 bridgehead atoms. The molecule has 0 aliphatic heterocycles. The molecule has 0 saturated heterocycles. The highest BCUT2D eigenvalue weighted by Gasteiger charge is 2.40. The molecule has 2 rings (SSSR count). The number of nitrogens with one attached hydrogen (secondary N) is 1. The maximum Gasteiger partial charge on any atom is 0.0106 e. The lowest BCUT2D eigenvalue weighted by Crippen LogP contribution is -2.50. The summed E-state index contributed by atoms with van der Waals surface area (Å²) in [7, 11) is 0. The van der Waals surface area contributed by atoms with Gasteiger partial charge >= 0.3 is 0 Å². The largest absolute Gasteiger partial charge is 0.311 e. The minimum Gasteiger partial charge on any atom is -0.311 e. The van der Waals surface area contributed by atoms with Crippen LogP contribution >= 0.6 is 0 Å². The first-order valence-corrected chi connectivity index (χ1v) is 8.72. The van der Waals surface area contributed by atoms with Gasteiger partial charge in [-0.2, -0.15) is 0 Å². The number of rotatable bonds is 5. The zero-order valence-corrected chi connectivity index (χ0v) is 14.6. The summed E-state index contributed by atoms with van der Waals surface area (Å²) in [5.74, 6) is 0.735. The molecule has 21 heavy (non-hydrogen) atoms. The molecule has 1 aliphatic carbocycles. The molecule has 1 aliphatic rings. The predicted octanol–water partition coefficient (Wildman–Crippen LogP) is 5.09. The van der Waals surface area contributed by atoms with Crippen molar-refractivity contribution in [2.45, 2.75) is 77.7 Å². The molecular weight excluding hydrogens is 254 g/mol. The minimum absolute atomic E-state index is 0.186. The Balaban J connectivity index is 2.37. The molecule has 1 N–H and O–H groups in total. The lowest BCUT2D eigenvalue weighted by Gasteiger charge is -2.45. The molecule has 0 fully saturated rings. The first-order chi connectivity index (χ1) is 9.89.